The summed E-state index contributed by atoms with van der Waals surface area (Å²) in [6.45, 7) is 7.59. The Hall–Kier alpha value is -1.99. The van der Waals surface area contributed by atoms with Crippen LogP contribution in [0, 0.1) is 10.7 Å². The average Bonchev–Trinajstić information content (AvgIpc) is 2.86. The van der Waals surface area contributed by atoms with Crippen LogP contribution in [0.2, 0.25) is 0 Å². The summed E-state index contributed by atoms with van der Waals surface area (Å²) < 4.78 is 4.28. The monoisotopic (exact) mass is 347 g/mol. The van der Waals surface area contributed by atoms with Crippen LogP contribution in [0.3, 0.4) is 0 Å². The molecule has 130 valence electrons. The summed E-state index contributed by atoms with van der Waals surface area (Å²) in [5, 5.41) is 7.18. The first kappa shape index (κ1) is 18.4. The normalized spacial score (nSPS) is 11.2. The van der Waals surface area contributed by atoms with Gasteiger partial charge in [-0.05, 0) is 56.3 Å². The van der Waals surface area contributed by atoms with Crippen molar-refractivity contribution in [3.05, 3.63) is 35.4 Å². The number of anilines is 1. The number of carbonyl (C=O) groups is 1. The third kappa shape index (κ3) is 5.01. The molecule has 2 aromatic rings. The molecule has 0 atom stereocenters. The van der Waals surface area contributed by atoms with E-state index in [4.69, 9.17) is 12.2 Å². The van der Waals surface area contributed by atoms with Crippen molar-refractivity contribution in [1.29, 1.82) is 0 Å². The molecular weight excluding hydrogens is 322 g/mol. The van der Waals surface area contributed by atoms with Crippen LogP contribution in [0.1, 0.15) is 27.2 Å². The van der Waals surface area contributed by atoms with Crippen LogP contribution in [0.5, 0.6) is 0 Å². The molecule has 0 saturated carbocycles. The van der Waals surface area contributed by atoms with E-state index in [2.05, 4.69) is 36.2 Å². The Morgan fingerprint density at radius 1 is 1.42 bits per heavy atom. The van der Waals surface area contributed by atoms with E-state index in [9.17, 15) is 4.79 Å². The Balaban J connectivity index is 2.15. The van der Waals surface area contributed by atoms with E-state index in [1.807, 2.05) is 28.8 Å². The van der Waals surface area contributed by atoms with Gasteiger partial charge in [0.1, 0.15) is 6.33 Å². The number of hydrogen-bond donors (Lipinski definition) is 1. The van der Waals surface area contributed by atoms with Gasteiger partial charge in [-0.3, -0.25) is 14.3 Å². The lowest BCUT2D eigenvalue weighted by atomic mass is 10.1. The largest absolute Gasteiger partial charge is 0.326 e. The van der Waals surface area contributed by atoms with Crippen molar-refractivity contribution >= 4 is 23.8 Å². The van der Waals surface area contributed by atoms with Gasteiger partial charge in [0.15, 0.2) is 0 Å². The second-order valence-corrected chi connectivity index (χ2v) is 6.78. The molecule has 0 spiro atoms. The molecular formula is C17H25N5OS. The second-order valence-electron chi connectivity index (χ2n) is 6.42. The van der Waals surface area contributed by atoms with Crippen LogP contribution in [0.25, 0.3) is 5.69 Å². The molecule has 0 bridgehead atoms. The van der Waals surface area contributed by atoms with Crippen molar-refractivity contribution in [2.24, 2.45) is 5.92 Å². The predicted octanol–water partition coefficient (Wildman–Crippen LogP) is 3.30. The highest BCUT2D eigenvalue weighted by Crippen LogP contribution is 2.15. The van der Waals surface area contributed by atoms with Crippen molar-refractivity contribution in [3.63, 3.8) is 0 Å². The minimum absolute atomic E-state index is 0.0989. The highest BCUT2D eigenvalue weighted by molar-refractivity contribution is 7.71. The van der Waals surface area contributed by atoms with Crippen LogP contribution < -0.4 is 5.32 Å². The maximum atomic E-state index is 11.2. The lowest BCUT2D eigenvalue weighted by molar-refractivity contribution is -0.114. The molecule has 1 aromatic heterocycles. The molecule has 0 radical (unpaired) electrons. The fourth-order valence-corrected chi connectivity index (χ4v) is 2.58. The summed E-state index contributed by atoms with van der Waals surface area (Å²) in [6.07, 6.45) is 2.86. The van der Waals surface area contributed by atoms with Crippen LogP contribution in [0.4, 0.5) is 5.69 Å². The molecule has 1 aromatic carbocycles. The molecule has 24 heavy (non-hydrogen) atoms. The summed E-state index contributed by atoms with van der Waals surface area (Å²) >= 11 is 5.54. The van der Waals surface area contributed by atoms with E-state index >= 15 is 0 Å². The molecule has 1 amide bonds. The quantitative estimate of drug-likeness (QED) is 0.781. The fraction of sp³-hybridized carbons (Fsp3) is 0.471. The van der Waals surface area contributed by atoms with Crippen molar-refractivity contribution in [2.75, 3.05) is 18.9 Å². The van der Waals surface area contributed by atoms with Crippen LogP contribution >= 0.6 is 12.2 Å². The summed E-state index contributed by atoms with van der Waals surface area (Å²) in [6, 6.07) is 7.55. The number of carbonyl (C=O) groups excluding carboxylic acids is 1. The highest BCUT2D eigenvalue weighted by atomic mass is 32.1. The van der Waals surface area contributed by atoms with Crippen molar-refractivity contribution in [1.82, 2.24) is 19.2 Å². The summed E-state index contributed by atoms with van der Waals surface area (Å²) in [5.74, 6) is 0.577. The Labute approximate surface area is 148 Å². The zero-order valence-corrected chi connectivity index (χ0v) is 15.5. The summed E-state index contributed by atoms with van der Waals surface area (Å²) in [5.41, 5.74) is 1.62. The number of nitrogens with zero attached hydrogens (tertiary/aromatic N) is 4. The number of amides is 1. The third-order valence-electron chi connectivity index (χ3n) is 3.64. The van der Waals surface area contributed by atoms with Crippen molar-refractivity contribution < 1.29 is 4.79 Å². The third-order valence-corrected chi connectivity index (χ3v) is 4.05. The standard InChI is InChI=1S/C17H25N5OS/c1-13(2)8-9-20(4)12-22-17(24)21(11-18-22)16-7-5-6-15(10-16)19-14(3)23/h5-7,10-11,13H,8-9,12H2,1-4H3,(H,19,23). The van der Waals surface area contributed by atoms with Gasteiger partial charge in [-0.1, -0.05) is 19.9 Å². The van der Waals surface area contributed by atoms with Gasteiger partial charge in [0, 0.05) is 12.6 Å². The Morgan fingerprint density at radius 2 is 2.17 bits per heavy atom. The Bertz CT molecular complexity index is 749. The minimum atomic E-state index is -0.0989. The van der Waals surface area contributed by atoms with E-state index in [0.717, 1.165) is 24.3 Å². The van der Waals surface area contributed by atoms with E-state index in [-0.39, 0.29) is 5.91 Å². The molecule has 6 nitrogen and oxygen atoms in total. The Morgan fingerprint density at radius 3 is 2.83 bits per heavy atom. The first-order valence-corrected chi connectivity index (χ1v) is 8.48. The van der Waals surface area contributed by atoms with Gasteiger partial charge < -0.3 is 5.32 Å². The van der Waals surface area contributed by atoms with E-state index in [0.29, 0.717) is 17.4 Å². The minimum Gasteiger partial charge on any atom is -0.326 e. The Kier molecular flexibility index (Phi) is 6.28. The molecule has 0 aliphatic heterocycles. The molecule has 0 aliphatic rings. The van der Waals surface area contributed by atoms with Crippen molar-refractivity contribution in [2.45, 2.75) is 33.9 Å². The number of nitrogens with one attached hydrogen (secondary N) is 1. The van der Waals surface area contributed by atoms with Gasteiger partial charge in [-0.2, -0.15) is 5.10 Å². The molecule has 2 rings (SSSR count). The van der Waals surface area contributed by atoms with Crippen LogP contribution in [-0.4, -0.2) is 38.7 Å². The van der Waals surface area contributed by atoms with Gasteiger partial charge in [0.05, 0.1) is 12.4 Å². The van der Waals surface area contributed by atoms with Gasteiger partial charge in [0.25, 0.3) is 0 Å². The molecule has 1 N–H and O–H groups in total. The zero-order valence-electron chi connectivity index (χ0n) is 14.7. The van der Waals surface area contributed by atoms with Gasteiger partial charge in [0.2, 0.25) is 10.7 Å². The molecule has 7 heteroatoms. The van der Waals surface area contributed by atoms with Gasteiger partial charge in [-0.25, -0.2) is 4.68 Å². The number of aromatic nitrogens is 3. The topological polar surface area (TPSA) is 55.1 Å². The maximum absolute atomic E-state index is 11.2. The SMILES string of the molecule is CC(=O)Nc1cccc(-n2cnn(CN(C)CCC(C)C)c2=S)c1. The fourth-order valence-electron chi connectivity index (χ4n) is 2.33. The molecule has 0 unspecified atom stereocenters. The lowest BCUT2D eigenvalue weighted by Crippen LogP contribution is -2.25. The van der Waals surface area contributed by atoms with E-state index < -0.39 is 0 Å². The molecule has 1 heterocycles. The molecule has 0 fully saturated rings. The molecule has 0 aliphatic carbocycles. The lowest BCUT2D eigenvalue weighted by Gasteiger charge is -2.17. The number of rotatable bonds is 7. The smallest absolute Gasteiger partial charge is 0.221 e. The summed E-state index contributed by atoms with van der Waals surface area (Å²) in [7, 11) is 2.07. The van der Waals surface area contributed by atoms with Crippen LogP contribution in [0.15, 0.2) is 30.6 Å². The van der Waals surface area contributed by atoms with Crippen LogP contribution in [-0.2, 0) is 11.5 Å². The van der Waals surface area contributed by atoms with Gasteiger partial charge in [-0.15, -0.1) is 0 Å². The predicted molar refractivity (Wildman–Crippen MR) is 98.8 cm³/mol. The average molecular weight is 347 g/mol. The number of hydrogen-bond acceptors (Lipinski definition) is 4. The molecule has 0 saturated heterocycles. The first-order chi connectivity index (χ1) is 11.4. The first-order valence-electron chi connectivity index (χ1n) is 8.08. The highest BCUT2D eigenvalue weighted by Gasteiger charge is 2.08. The maximum Gasteiger partial charge on any atom is 0.221 e. The van der Waals surface area contributed by atoms with Crippen molar-refractivity contribution in [3.8, 4) is 5.69 Å². The van der Waals surface area contributed by atoms with E-state index in [1.54, 1.807) is 11.0 Å². The number of benzene rings is 1. The second kappa shape index (κ2) is 8.21. The van der Waals surface area contributed by atoms with E-state index in [1.165, 1.54) is 6.92 Å². The van der Waals surface area contributed by atoms with Gasteiger partial charge >= 0.3 is 0 Å². The summed E-state index contributed by atoms with van der Waals surface area (Å²) in [4.78, 5) is 13.4. The zero-order chi connectivity index (χ0) is 17.7.